The van der Waals surface area contributed by atoms with E-state index in [1.165, 1.54) is 25.0 Å². The zero-order valence-corrected chi connectivity index (χ0v) is 25.0. The number of halogens is 1. The van der Waals surface area contributed by atoms with Crippen molar-refractivity contribution in [3.8, 4) is 5.75 Å². The molecule has 10 heteroatoms. The average Bonchev–Trinajstić information content (AvgIpc) is 2.87. The third-order valence-electron chi connectivity index (χ3n) is 6.06. The van der Waals surface area contributed by atoms with Crippen LogP contribution in [0, 0.1) is 0 Å². The fourth-order valence-corrected chi connectivity index (χ4v) is 5.40. The number of rotatable bonds is 23. The number of unbranched alkanes of at least 4 members (excludes halogenated alkanes) is 5. The Bertz CT molecular complexity index is 752. The molecule has 4 atom stereocenters. The Balaban J connectivity index is 2.08. The van der Waals surface area contributed by atoms with Gasteiger partial charge in [-0.1, -0.05) is 57.6 Å². The van der Waals surface area contributed by atoms with Crippen molar-refractivity contribution in [1.29, 1.82) is 0 Å². The number of carboxylic acids is 1. The van der Waals surface area contributed by atoms with Gasteiger partial charge in [0.1, 0.15) is 12.4 Å². The zero-order valence-electron chi connectivity index (χ0n) is 22.5. The van der Waals surface area contributed by atoms with Gasteiger partial charge in [0.15, 0.2) is 0 Å². The predicted octanol–water partition coefficient (Wildman–Crippen LogP) is 7.70. The van der Waals surface area contributed by atoms with Gasteiger partial charge in [0, 0.05) is 5.02 Å². The molecule has 0 aliphatic heterocycles. The Morgan fingerprint density at radius 3 is 2.30 bits per heavy atom. The number of ether oxygens (including phenoxy) is 3. The second-order valence-electron chi connectivity index (χ2n) is 9.25. The maximum Gasteiger partial charge on any atom is 0.556 e. The molecule has 0 bridgehead atoms. The molecule has 0 saturated carbocycles. The predicted molar refractivity (Wildman–Crippen MR) is 152 cm³/mol. The molecule has 0 spiro atoms. The molecule has 0 radical (unpaired) electrons. The summed E-state index contributed by atoms with van der Waals surface area (Å²) in [6.07, 6.45) is 10.2. The van der Waals surface area contributed by atoms with Gasteiger partial charge >= 0.3 is 19.3 Å². The van der Waals surface area contributed by atoms with Crippen LogP contribution in [0.3, 0.4) is 0 Å². The van der Waals surface area contributed by atoms with E-state index in [4.69, 9.17) is 25.8 Å². The monoisotopic (exact) mass is 579 g/mol. The topological polar surface area (TPSA) is 102 Å². The summed E-state index contributed by atoms with van der Waals surface area (Å²) < 4.78 is 28.6. The van der Waals surface area contributed by atoms with Crippen molar-refractivity contribution in [3.63, 3.8) is 0 Å². The van der Waals surface area contributed by atoms with Crippen molar-refractivity contribution >= 4 is 37.4 Å². The van der Waals surface area contributed by atoms with E-state index in [-0.39, 0.29) is 18.8 Å². The smallest absolute Gasteiger partial charge is 0.490 e. The minimum atomic E-state index is -3.08. The standard InChI is InChI=1S/C27H44ClO7PS/c1-4-18-34-27(26(29)30,36(31)32)21-33-22(3)12-10-8-6-7-9-11-19-37-20-17-24(5-2)35-25-15-13-23(28)14-16-25/h13-16,22,24H,4-12,17-21H2,1-3H3,(H-,29,30,31,32)/p+1. The van der Waals surface area contributed by atoms with Crippen LogP contribution in [-0.4, -0.2) is 58.2 Å². The molecule has 2 N–H and O–H groups in total. The van der Waals surface area contributed by atoms with E-state index in [1.54, 1.807) is 0 Å². The van der Waals surface area contributed by atoms with E-state index >= 15 is 0 Å². The van der Waals surface area contributed by atoms with Gasteiger partial charge in [0.25, 0.3) is 0 Å². The molecule has 0 amide bonds. The minimum absolute atomic E-state index is 0.0855. The molecule has 7 nitrogen and oxygen atoms in total. The number of carbonyl (C=O) groups is 1. The van der Waals surface area contributed by atoms with Gasteiger partial charge in [0.2, 0.25) is 0 Å². The van der Waals surface area contributed by atoms with Crippen LogP contribution in [0.4, 0.5) is 0 Å². The van der Waals surface area contributed by atoms with E-state index in [0.717, 1.165) is 55.0 Å². The summed E-state index contributed by atoms with van der Waals surface area (Å²) in [7, 11) is -3.08. The minimum Gasteiger partial charge on any atom is -0.490 e. The maximum absolute atomic E-state index is 11.7. The molecule has 1 aromatic rings. The quantitative estimate of drug-likeness (QED) is 0.100. The van der Waals surface area contributed by atoms with Gasteiger partial charge in [0.05, 0.1) is 18.8 Å². The number of hydrogen-bond acceptors (Lipinski definition) is 6. The van der Waals surface area contributed by atoms with E-state index in [2.05, 4.69) is 6.92 Å². The molecular formula is C27H45ClO7PS+. The van der Waals surface area contributed by atoms with Crippen LogP contribution in [0.1, 0.15) is 85.0 Å². The molecular weight excluding hydrogens is 535 g/mol. The number of carboxylic acid groups (broad SMARTS) is 1. The molecule has 0 aliphatic rings. The molecule has 1 rings (SSSR count). The van der Waals surface area contributed by atoms with Gasteiger partial charge in [-0.2, -0.15) is 16.7 Å². The highest BCUT2D eigenvalue weighted by molar-refractivity contribution is 7.99. The van der Waals surface area contributed by atoms with Gasteiger partial charge in [-0.05, 0) is 79.4 Å². The molecule has 0 aliphatic carbocycles. The first kappa shape index (κ1) is 34.1. The normalized spacial score (nSPS) is 15.1. The molecule has 0 saturated heterocycles. The van der Waals surface area contributed by atoms with Crippen molar-refractivity contribution in [2.24, 2.45) is 0 Å². The largest absolute Gasteiger partial charge is 0.556 e. The Kier molecular flexibility index (Phi) is 18.5. The Morgan fingerprint density at radius 1 is 1.05 bits per heavy atom. The Labute approximate surface area is 232 Å². The molecule has 0 fully saturated rings. The van der Waals surface area contributed by atoms with Gasteiger partial charge in [-0.25, -0.2) is 4.79 Å². The number of benzene rings is 1. The van der Waals surface area contributed by atoms with Crippen LogP contribution in [0.2, 0.25) is 5.02 Å². The molecule has 0 aromatic heterocycles. The molecule has 1 aromatic carbocycles. The second-order valence-corrected chi connectivity index (χ2v) is 12.2. The van der Waals surface area contributed by atoms with Crippen molar-refractivity contribution < 1.29 is 33.6 Å². The lowest BCUT2D eigenvalue weighted by Crippen LogP contribution is -2.44. The summed E-state index contributed by atoms with van der Waals surface area (Å²) in [6, 6.07) is 7.54. The van der Waals surface area contributed by atoms with E-state index in [1.807, 2.05) is 49.9 Å². The van der Waals surface area contributed by atoms with Crippen LogP contribution in [-0.2, 0) is 18.8 Å². The SMILES string of the molecule is CCCOC(COC(C)CCCCCCCCSCCC(CC)Oc1ccc(Cl)cc1)(C(=O)O)[P+](=O)O. The van der Waals surface area contributed by atoms with Crippen LogP contribution in [0.15, 0.2) is 24.3 Å². The molecule has 0 heterocycles. The summed E-state index contributed by atoms with van der Waals surface area (Å²) in [5, 5.41) is 7.96. The fourth-order valence-electron chi connectivity index (χ4n) is 3.68. The first-order valence-electron chi connectivity index (χ1n) is 13.4. The maximum atomic E-state index is 11.7. The van der Waals surface area contributed by atoms with Gasteiger partial charge in [-0.15, -0.1) is 0 Å². The second kappa shape index (κ2) is 20.1. The van der Waals surface area contributed by atoms with Crippen LogP contribution < -0.4 is 4.74 Å². The van der Waals surface area contributed by atoms with Crippen molar-refractivity contribution in [2.45, 2.75) is 103 Å². The third-order valence-corrected chi connectivity index (χ3v) is 8.48. The van der Waals surface area contributed by atoms with Crippen molar-refractivity contribution in [1.82, 2.24) is 0 Å². The van der Waals surface area contributed by atoms with Crippen molar-refractivity contribution in [3.05, 3.63) is 29.3 Å². The van der Waals surface area contributed by atoms with Gasteiger partial charge in [-0.3, -0.25) is 0 Å². The molecule has 37 heavy (non-hydrogen) atoms. The fraction of sp³-hybridized carbons (Fsp3) is 0.741. The first-order valence-corrected chi connectivity index (χ1v) is 16.1. The third kappa shape index (κ3) is 14.2. The lowest BCUT2D eigenvalue weighted by atomic mass is 10.1. The summed E-state index contributed by atoms with van der Waals surface area (Å²) in [5.74, 6) is 1.67. The Hall–Kier alpha value is -0.890. The number of hydrogen-bond donors (Lipinski definition) is 2. The number of thioether (sulfide) groups is 1. The van der Waals surface area contributed by atoms with Crippen molar-refractivity contribution in [2.75, 3.05) is 24.7 Å². The van der Waals surface area contributed by atoms with Gasteiger partial charge < -0.3 is 19.3 Å². The zero-order chi connectivity index (χ0) is 27.5. The summed E-state index contributed by atoms with van der Waals surface area (Å²) in [5.41, 5.74) is 0. The Morgan fingerprint density at radius 2 is 1.70 bits per heavy atom. The average molecular weight is 580 g/mol. The summed E-state index contributed by atoms with van der Waals surface area (Å²) in [6.45, 7) is 5.47. The summed E-state index contributed by atoms with van der Waals surface area (Å²) >= 11 is 7.92. The van der Waals surface area contributed by atoms with E-state index in [9.17, 15) is 19.4 Å². The highest BCUT2D eigenvalue weighted by atomic mass is 35.5. The first-order chi connectivity index (χ1) is 17.7. The lowest BCUT2D eigenvalue weighted by Gasteiger charge is -2.20. The van der Waals surface area contributed by atoms with Crippen LogP contribution in [0.25, 0.3) is 0 Å². The number of aliphatic carboxylic acids is 1. The van der Waals surface area contributed by atoms with E-state index < -0.39 is 25.9 Å². The molecule has 4 unspecified atom stereocenters. The summed E-state index contributed by atoms with van der Waals surface area (Å²) in [4.78, 5) is 21.1. The van der Waals surface area contributed by atoms with Crippen LogP contribution >= 0.6 is 31.4 Å². The van der Waals surface area contributed by atoms with Crippen LogP contribution in [0.5, 0.6) is 5.75 Å². The highest BCUT2D eigenvalue weighted by Crippen LogP contribution is 2.38. The lowest BCUT2D eigenvalue weighted by molar-refractivity contribution is -0.163. The van der Waals surface area contributed by atoms with E-state index in [0.29, 0.717) is 6.42 Å². The molecule has 212 valence electrons. The highest BCUT2D eigenvalue weighted by Gasteiger charge is 2.59.